The van der Waals surface area contributed by atoms with E-state index >= 15 is 0 Å². The van der Waals surface area contributed by atoms with E-state index in [1.54, 1.807) is 23.3 Å². The Hall–Kier alpha value is -3.20. The number of hydrogen-bond acceptors (Lipinski definition) is 7. The number of aromatic nitrogens is 2. The number of methoxy groups -OCH3 is 1. The predicted octanol–water partition coefficient (Wildman–Crippen LogP) is 3.71. The van der Waals surface area contributed by atoms with Crippen molar-refractivity contribution >= 4 is 33.4 Å². The van der Waals surface area contributed by atoms with Gasteiger partial charge in [-0.3, -0.25) is 14.4 Å². The minimum absolute atomic E-state index is 0.0234. The quantitative estimate of drug-likeness (QED) is 0.502. The van der Waals surface area contributed by atoms with Crippen molar-refractivity contribution in [1.29, 1.82) is 0 Å². The molecule has 0 spiro atoms. The summed E-state index contributed by atoms with van der Waals surface area (Å²) in [4.78, 5) is 49.0. The molecule has 35 heavy (non-hydrogen) atoms. The number of esters is 1. The Bertz CT molecular complexity index is 1300. The van der Waals surface area contributed by atoms with Crippen molar-refractivity contribution < 1.29 is 19.1 Å². The lowest BCUT2D eigenvalue weighted by atomic mass is 9.97. The van der Waals surface area contributed by atoms with Gasteiger partial charge in [-0.1, -0.05) is 12.1 Å². The van der Waals surface area contributed by atoms with E-state index < -0.39 is 5.97 Å². The van der Waals surface area contributed by atoms with Crippen LogP contribution in [0.4, 0.5) is 0 Å². The molecule has 1 N–H and O–H groups in total. The molecular formula is C26H29N3O5S. The Kier molecular flexibility index (Phi) is 6.86. The number of aryl methyl sites for hydroxylation is 3. The molecule has 1 aliphatic carbocycles. The van der Waals surface area contributed by atoms with Gasteiger partial charge in [-0.25, -0.2) is 4.98 Å². The first kappa shape index (κ1) is 23.5. The molecule has 1 aliphatic heterocycles. The van der Waals surface area contributed by atoms with E-state index in [2.05, 4.69) is 9.97 Å². The molecule has 1 amide bonds. The molecule has 1 unspecified atom stereocenters. The largest absolute Gasteiger partial charge is 0.497 e. The van der Waals surface area contributed by atoms with Crippen molar-refractivity contribution in [1.82, 2.24) is 14.9 Å². The number of aromatic amines is 1. The first-order valence-corrected chi connectivity index (χ1v) is 13.0. The topological polar surface area (TPSA) is 102 Å². The molecule has 8 nitrogen and oxygen atoms in total. The number of nitrogens with one attached hydrogen (secondary N) is 1. The van der Waals surface area contributed by atoms with Crippen LogP contribution in [-0.4, -0.2) is 47.0 Å². The molecule has 9 heteroatoms. The molecule has 5 rings (SSSR count). The van der Waals surface area contributed by atoms with Crippen LogP contribution in [0, 0.1) is 0 Å². The van der Waals surface area contributed by atoms with Crippen molar-refractivity contribution in [3.05, 3.63) is 56.4 Å². The number of carbonyl (C=O) groups is 2. The smallest absolute Gasteiger partial charge is 0.306 e. The van der Waals surface area contributed by atoms with E-state index in [1.165, 1.54) is 4.88 Å². The van der Waals surface area contributed by atoms with Crippen LogP contribution in [0.25, 0.3) is 10.2 Å². The first-order valence-electron chi connectivity index (χ1n) is 12.2. The summed E-state index contributed by atoms with van der Waals surface area (Å²) in [5.41, 5.74) is 2.06. The van der Waals surface area contributed by atoms with Crippen LogP contribution < -0.4 is 10.3 Å². The number of carbonyl (C=O) groups excluding carboxylic acids is 2. The fraction of sp³-hybridized carbons (Fsp3) is 0.462. The summed E-state index contributed by atoms with van der Waals surface area (Å²) in [6.07, 6.45) is 6.27. The molecule has 0 saturated carbocycles. The number of hydrogen-bond donors (Lipinski definition) is 1. The standard InChI is InChI=1S/C26H29N3O5S/c1-33-17-10-8-16(9-11-17)19-6-4-14-29(19)22(30)15-34-23(31)13-12-21-27-25(32)24-18-5-2-3-7-20(18)35-26(24)28-21/h8-11,19H,2-7,12-15H2,1H3,(H,27,28,32). The number of rotatable bonds is 7. The second-order valence-electron chi connectivity index (χ2n) is 9.08. The molecule has 1 fully saturated rings. The van der Waals surface area contributed by atoms with Crippen molar-refractivity contribution in [3.63, 3.8) is 0 Å². The van der Waals surface area contributed by atoms with Crippen LogP contribution >= 0.6 is 11.3 Å². The summed E-state index contributed by atoms with van der Waals surface area (Å²) < 4.78 is 10.5. The van der Waals surface area contributed by atoms with Gasteiger partial charge in [0.2, 0.25) is 0 Å². The van der Waals surface area contributed by atoms with E-state index in [0.29, 0.717) is 17.8 Å². The van der Waals surface area contributed by atoms with Crippen LogP contribution in [0.5, 0.6) is 5.75 Å². The van der Waals surface area contributed by atoms with Gasteiger partial charge in [0.1, 0.15) is 16.4 Å². The molecule has 2 aliphatic rings. The van der Waals surface area contributed by atoms with E-state index in [4.69, 9.17) is 9.47 Å². The fourth-order valence-electron chi connectivity index (χ4n) is 5.08. The Balaban J connectivity index is 1.16. The van der Waals surface area contributed by atoms with Gasteiger partial charge in [0.05, 0.1) is 25.0 Å². The molecule has 0 bridgehead atoms. The number of benzene rings is 1. The van der Waals surface area contributed by atoms with E-state index in [9.17, 15) is 14.4 Å². The van der Waals surface area contributed by atoms with Crippen LogP contribution in [-0.2, 0) is 33.6 Å². The Morgan fingerprint density at radius 3 is 2.77 bits per heavy atom. The number of H-pyrrole nitrogens is 1. The van der Waals surface area contributed by atoms with Crippen molar-refractivity contribution in [3.8, 4) is 5.75 Å². The van der Waals surface area contributed by atoms with Crippen molar-refractivity contribution in [2.45, 2.75) is 57.4 Å². The molecule has 184 valence electrons. The number of nitrogens with zero attached hydrogens (tertiary/aromatic N) is 2. The van der Waals surface area contributed by atoms with E-state index in [0.717, 1.165) is 60.2 Å². The lowest BCUT2D eigenvalue weighted by molar-refractivity contribution is -0.152. The van der Waals surface area contributed by atoms with Crippen LogP contribution in [0.3, 0.4) is 0 Å². The van der Waals surface area contributed by atoms with Gasteiger partial charge < -0.3 is 19.4 Å². The highest BCUT2D eigenvalue weighted by Gasteiger charge is 2.30. The highest BCUT2D eigenvalue weighted by Crippen LogP contribution is 2.34. The fourth-order valence-corrected chi connectivity index (χ4v) is 6.36. The van der Waals surface area contributed by atoms with Gasteiger partial charge in [-0.05, 0) is 61.8 Å². The maximum atomic E-state index is 12.8. The SMILES string of the molecule is COc1ccc(C2CCCN2C(=O)COC(=O)CCc2nc3sc4c(c3c(=O)[nH]2)CCCC4)cc1. The van der Waals surface area contributed by atoms with Crippen molar-refractivity contribution in [2.24, 2.45) is 0 Å². The molecular weight excluding hydrogens is 466 g/mol. The number of thiophene rings is 1. The lowest BCUT2D eigenvalue weighted by Crippen LogP contribution is -2.34. The minimum atomic E-state index is -0.480. The average Bonchev–Trinajstić information content (AvgIpc) is 3.51. The molecule has 2 aromatic heterocycles. The zero-order chi connectivity index (χ0) is 24.4. The maximum absolute atomic E-state index is 12.8. The highest BCUT2D eigenvalue weighted by molar-refractivity contribution is 7.18. The van der Waals surface area contributed by atoms with Crippen molar-refractivity contribution in [2.75, 3.05) is 20.3 Å². The van der Waals surface area contributed by atoms with Gasteiger partial charge in [-0.15, -0.1) is 11.3 Å². The van der Waals surface area contributed by atoms with Gasteiger partial charge in [0.25, 0.3) is 11.5 Å². The third kappa shape index (κ3) is 4.96. The molecule has 1 atom stereocenters. The van der Waals surface area contributed by atoms with Crippen LogP contribution in [0.2, 0.25) is 0 Å². The van der Waals surface area contributed by atoms with Crippen LogP contribution in [0.15, 0.2) is 29.1 Å². The summed E-state index contributed by atoms with van der Waals surface area (Å²) in [7, 11) is 1.62. The zero-order valence-electron chi connectivity index (χ0n) is 19.8. The predicted molar refractivity (Wildman–Crippen MR) is 133 cm³/mol. The average molecular weight is 496 g/mol. The van der Waals surface area contributed by atoms with E-state index in [-0.39, 0.29) is 37.0 Å². The Morgan fingerprint density at radius 2 is 1.97 bits per heavy atom. The molecule has 3 heterocycles. The number of amides is 1. The number of likely N-dealkylation sites (tertiary alicyclic amines) is 1. The third-order valence-electron chi connectivity index (χ3n) is 6.87. The third-order valence-corrected chi connectivity index (χ3v) is 8.06. The summed E-state index contributed by atoms with van der Waals surface area (Å²) >= 11 is 1.59. The lowest BCUT2D eigenvalue weighted by Gasteiger charge is -2.25. The minimum Gasteiger partial charge on any atom is -0.497 e. The second kappa shape index (κ2) is 10.2. The second-order valence-corrected chi connectivity index (χ2v) is 10.2. The van der Waals surface area contributed by atoms with Gasteiger partial charge in [0.15, 0.2) is 6.61 Å². The Morgan fingerprint density at radius 1 is 1.17 bits per heavy atom. The van der Waals surface area contributed by atoms with Gasteiger partial charge in [0, 0.05) is 17.8 Å². The maximum Gasteiger partial charge on any atom is 0.306 e. The van der Waals surface area contributed by atoms with Crippen LogP contribution in [0.1, 0.15) is 60.0 Å². The monoisotopic (exact) mass is 495 g/mol. The molecule has 1 saturated heterocycles. The summed E-state index contributed by atoms with van der Waals surface area (Å²) in [5, 5.41) is 0.707. The zero-order valence-corrected chi connectivity index (χ0v) is 20.6. The summed E-state index contributed by atoms with van der Waals surface area (Å²) in [6, 6.07) is 7.69. The van der Waals surface area contributed by atoms with E-state index in [1.807, 2.05) is 24.3 Å². The normalized spacial score (nSPS) is 17.4. The summed E-state index contributed by atoms with van der Waals surface area (Å²) in [5.74, 6) is 0.566. The number of fused-ring (bicyclic) bond motifs is 3. The van der Waals surface area contributed by atoms with Gasteiger partial charge in [-0.2, -0.15) is 0 Å². The number of ether oxygens (including phenoxy) is 2. The van der Waals surface area contributed by atoms with Gasteiger partial charge >= 0.3 is 5.97 Å². The first-order chi connectivity index (χ1) is 17.0. The highest BCUT2D eigenvalue weighted by atomic mass is 32.1. The summed E-state index contributed by atoms with van der Waals surface area (Å²) in [6.45, 7) is 0.356. The molecule has 1 aromatic carbocycles. The molecule has 0 radical (unpaired) electrons. The Labute approximate surface area is 207 Å². The molecule has 3 aromatic rings.